The van der Waals surface area contributed by atoms with E-state index in [1.807, 2.05) is 19.1 Å². The van der Waals surface area contributed by atoms with Crippen LogP contribution in [0.25, 0.3) is 0 Å². The Morgan fingerprint density at radius 2 is 2.12 bits per heavy atom. The number of halogens is 1. The Bertz CT molecular complexity index is 532. The molecule has 0 atom stereocenters. The van der Waals surface area contributed by atoms with E-state index in [1.165, 1.54) is 0 Å². The Kier molecular flexibility index (Phi) is 3.56. The molecule has 0 spiro atoms. The summed E-state index contributed by atoms with van der Waals surface area (Å²) in [6.45, 7) is 1.74. The van der Waals surface area contributed by atoms with Gasteiger partial charge in [-0.25, -0.2) is 4.98 Å². The molecule has 0 bridgehead atoms. The highest BCUT2D eigenvalue weighted by Gasteiger charge is 2.08. The summed E-state index contributed by atoms with van der Waals surface area (Å²) in [7, 11) is 0. The summed E-state index contributed by atoms with van der Waals surface area (Å²) in [5.41, 5.74) is 1.48. The van der Waals surface area contributed by atoms with E-state index in [0.29, 0.717) is 17.2 Å². The summed E-state index contributed by atoms with van der Waals surface area (Å²) in [4.78, 5) is 7.84. The molecule has 0 amide bonds. The molecule has 1 aromatic carbocycles. The first kappa shape index (κ1) is 11.8. The van der Waals surface area contributed by atoms with Crippen molar-refractivity contribution in [2.75, 3.05) is 0 Å². The Hall–Kier alpha value is -1.65. The number of aryl methyl sites for hydroxylation is 1. The molecule has 1 heterocycles. The van der Waals surface area contributed by atoms with Crippen molar-refractivity contribution < 1.29 is 9.84 Å². The van der Waals surface area contributed by atoms with Crippen molar-refractivity contribution in [1.82, 2.24) is 9.97 Å². The van der Waals surface area contributed by atoms with Crippen LogP contribution in [-0.2, 0) is 6.61 Å². The monoisotopic (exact) mass is 250 g/mol. The highest BCUT2D eigenvalue weighted by Crippen LogP contribution is 2.26. The molecule has 4 nitrogen and oxygen atoms in total. The molecule has 0 aliphatic rings. The molecule has 1 aromatic heterocycles. The average Bonchev–Trinajstić information content (AvgIpc) is 2.34. The number of aliphatic hydroxyl groups is 1. The lowest BCUT2D eigenvalue weighted by Gasteiger charge is -2.10. The third kappa shape index (κ3) is 2.72. The number of hydrogen-bond donors (Lipinski definition) is 1. The second-order valence-corrected chi connectivity index (χ2v) is 3.83. The maximum absolute atomic E-state index is 9.18. The number of aliphatic hydroxyl groups excluding tert-OH is 1. The van der Waals surface area contributed by atoms with E-state index in [4.69, 9.17) is 16.3 Å². The van der Waals surface area contributed by atoms with Crippen LogP contribution in [0.5, 0.6) is 11.6 Å². The molecule has 2 aromatic rings. The van der Waals surface area contributed by atoms with Gasteiger partial charge in [0.25, 0.3) is 0 Å². The largest absolute Gasteiger partial charge is 0.438 e. The lowest BCUT2D eigenvalue weighted by molar-refractivity contribution is 0.276. The molecule has 0 fully saturated rings. The van der Waals surface area contributed by atoms with Crippen LogP contribution in [0.3, 0.4) is 0 Å². The molecule has 0 unspecified atom stereocenters. The summed E-state index contributed by atoms with van der Waals surface area (Å²) in [5, 5.41) is 9.31. The number of rotatable bonds is 3. The van der Waals surface area contributed by atoms with Gasteiger partial charge >= 0.3 is 0 Å². The van der Waals surface area contributed by atoms with E-state index in [-0.39, 0.29) is 11.9 Å². The SMILES string of the molecule is Cc1cnc(Cl)nc1Oc1ccccc1CO. The lowest BCUT2D eigenvalue weighted by Crippen LogP contribution is -1.96. The van der Waals surface area contributed by atoms with E-state index in [0.717, 1.165) is 5.56 Å². The Labute approximate surface area is 104 Å². The molecular formula is C12H11ClN2O2. The molecule has 0 saturated carbocycles. The first-order valence-corrected chi connectivity index (χ1v) is 5.44. The topological polar surface area (TPSA) is 55.2 Å². The molecule has 1 N–H and O–H groups in total. The zero-order valence-corrected chi connectivity index (χ0v) is 9.98. The zero-order chi connectivity index (χ0) is 12.3. The number of para-hydroxylation sites is 1. The zero-order valence-electron chi connectivity index (χ0n) is 9.22. The van der Waals surface area contributed by atoms with Crippen molar-refractivity contribution in [2.45, 2.75) is 13.5 Å². The van der Waals surface area contributed by atoms with E-state index >= 15 is 0 Å². The Morgan fingerprint density at radius 3 is 2.88 bits per heavy atom. The van der Waals surface area contributed by atoms with Crippen LogP contribution in [0.15, 0.2) is 30.5 Å². The summed E-state index contributed by atoms with van der Waals surface area (Å²) < 4.78 is 5.62. The normalized spacial score (nSPS) is 10.3. The highest BCUT2D eigenvalue weighted by atomic mass is 35.5. The van der Waals surface area contributed by atoms with Gasteiger partial charge in [0.15, 0.2) is 0 Å². The van der Waals surface area contributed by atoms with Crippen molar-refractivity contribution in [2.24, 2.45) is 0 Å². The molecule has 0 radical (unpaired) electrons. The van der Waals surface area contributed by atoms with Crippen LogP contribution in [0.4, 0.5) is 0 Å². The molecule has 0 saturated heterocycles. The molecule has 88 valence electrons. The molecule has 17 heavy (non-hydrogen) atoms. The molecule has 0 aliphatic carbocycles. The van der Waals surface area contributed by atoms with E-state index < -0.39 is 0 Å². The fraction of sp³-hybridized carbons (Fsp3) is 0.167. The average molecular weight is 251 g/mol. The minimum absolute atomic E-state index is 0.0892. The highest BCUT2D eigenvalue weighted by molar-refractivity contribution is 6.28. The van der Waals surface area contributed by atoms with Crippen LogP contribution in [0.1, 0.15) is 11.1 Å². The van der Waals surface area contributed by atoms with Crippen molar-refractivity contribution in [1.29, 1.82) is 0 Å². The number of nitrogens with zero attached hydrogens (tertiary/aromatic N) is 2. The third-order valence-corrected chi connectivity index (χ3v) is 2.43. The number of benzene rings is 1. The third-order valence-electron chi connectivity index (χ3n) is 2.25. The maximum atomic E-state index is 9.18. The molecular weight excluding hydrogens is 240 g/mol. The maximum Gasteiger partial charge on any atom is 0.226 e. The smallest absolute Gasteiger partial charge is 0.226 e. The standard InChI is InChI=1S/C12H11ClN2O2/c1-8-6-14-12(13)15-11(8)17-10-5-3-2-4-9(10)7-16/h2-6,16H,7H2,1H3. The van der Waals surface area contributed by atoms with Crippen LogP contribution in [-0.4, -0.2) is 15.1 Å². The fourth-order valence-corrected chi connectivity index (χ4v) is 1.47. The van der Waals surface area contributed by atoms with Gasteiger partial charge in [0, 0.05) is 17.3 Å². The predicted molar refractivity (Wildman–Crippen MR) is 64.2 cm³/mol. The van der Waals surface area contributed by atoms with Gasteiger partial charge in [-0.2, -0.15) is 4.98 Å². The second kappa shape index (κ2) is 5.12. The minimum Gasteiger partial charge on any atom is -0.438 e. The van der Waals surface area contributed by atoms with Crippen molar-refractivity contribution in [3.05, 3.63) is 46.9 Å². The Morgan fingerprint density at radius 1 is 1.35 bits per heavy atom. The van der Waals surface area contributed by atoms with Gasteiger partial charge in [0.05, 0.1) is 6.61 Å². The van der Waals surface area contributed by atoms with Crippen molar-refractivity contribution in [3.8, 4) is 11.6 Å². The van der Waals surface area contributed by atoms with Gasteiger partial charge in [-0.15, -0.1) is 0 Å². The van der Waals surface area contributed by atoms with Gasteiger partial charge in [0.1, 0.15) is 5.75 Å². The summed E-state index contributed by atoms with van der Waals surface area (Å²) in [6.07, 6.45) is 1.59. The van der Waals surface area contributed by atoms with Crippen LogP contribution < -0.4 is 4.74 Å². The van der Waals surface area contributed by atoms with Gasteiger partial charge in [-0.05, 0) is 24.6 Å². The second-order valence-electron chi connectivity index (χ2n) is 3.50. The minimum atomic E-state index is -0.0892. The quantitative estimate of drug-likeness (QED) is 0.851. The first-order chi connectivity index (χ1) is 8.20. The molecule has 0 aliphatic heterocycles. The lowest BCUT2D eigenvalue weighted by atomic mass is 10.2. The van der Waals surface area contributed by atoms with E-state index in [1.54, 1.807) is 18.3 Å². The molecule has 2 rings (SSSR count). The van der Waals surface area contributed by atoms with Crippen molar-refractivity contribution in [3.63, 3.8) is 0 Å². The first-order valence-electron chi connectivity index (χ1n) is 5.06. The molecule has 5 heteroatoms. The fourth-order valence-electron chi connectivity index (χ4n) is 1.35. The summed E-state index contributed by atoms with van der Waals surface area (Å²) in [5.74, 6) is 0.957. The van der Waals surface area contributed by atoms with Gasteiger partial charge in [-0.1, -0.05) is 18.2 Å². The van der Waals surface area contributed by atoms with Gasteiger partial charge in [-0.3, -0.25) is 0 Å². The van der Waals surface area contributed by atoms with Crippen LogP contribution in [0.2, 0.25) is 5.28 Å². The number of ether oxygens (including phenoxy) is 1. The van der Waals surface area contributed by atoms with E-state index in [2.05, 4.69) is 9.97 Å². The number of aromatic nitrogens is 2. The van der Waals surface area contributed by atoms with Gasteiger partial charge in [0.2, 0.25) is 11.2 Å². The van der Waals surface area contributed by atoms with Crippen LogP contribution >= 0.6 is 11.6 Å². The van der Waals surface area contributed by atoms with Crippen molar-refractivity contribution >= 4 is 11.6 Å². The predicted octanol–water partition coefficient (Wildman–Crippen LogP) is 2.72. The number of hydrogen-bond acceptors (Lipinski definition) is 4. The Balaban J connectivity index is 2.34. The van der Waals surface area contributed by atoms with Crippen LogP contribution in [0, 0.1) is 6.92 Å². The summed E-state index contributed by atoms with van der Waals surface area (Å²) >= 11 is 5.71. The van der Waals surface area contributed by atoms with Gasteiger partial charge < -0.3 is 9.84 Å². The van der Waals surface area contributed by atoms with E-state index in [9.17, 15) is 5.11 Å². The summed E-state index contributed by atoms with van der Waals surface area (Å²) in [6, 6.07) is 7.21.